The highest BCUT2D eigenvalue weighted by Gasteiger charge is 2.42. The van der Waals surface area contributed by atoms with Crippen molar-refractivity contribution < 1.29 is 14.9 Å². The summed E-state index contributed by atoms with van der Waals surface area (Å²) in [5.41, 5.74) is -0.833. The largest absolute Gasteiger partial charge is 0.393 e. The van der Waals surface area contributed by atoms with Gasteiger partial charge in [-0.15, -0.1) is 0 Å². The van der Waals surface area contributed by atoms with E-state index in [0.717, 1.165) is 0 Å². The Morgan fingerprint density at radius 3 is 2.60 bits per heavy atom. The summed E-state index contributed by atoms with van der Waals surface area (Å²) in [6.07, 6.45) is 1.33. The highest BCUT2D eigenvalue weighted by Crippen LogP contribution is 2.33. The van der Waals surface area contributed by atoms with Crippen molar-refractivity contribution in [1.82, 2.24) is 0 Å². The fourth-order valence-electron chi connectivity index (χ4n) is 1.27. The molecule has 0 radical (unpaired) electrons. The van der Waals surface area contributed by atoms with Crippen molar-refractivity contribution in [3.63, 3.8) is 0 Å². The summed E-state index contributed by atoms with van der Waals surface area (Å²) in [7, 11) is 0. The van der Waals surface area contributed by atoms with E-state index in [9.17, 15) is 5.11 Å². The van der Waals surface area contributed by atoms with E-state index in [2.05, 4.69) is 0 Å². The van der Waals surface area contributed by atoms with E-state index in [1.54, 1.807) is 0 Å². The van der Waals surface area contributed by atoms with Gasteiger partial charge < -0.3 is 14.9 Å². The number of aliphatic hydroxyl groups excluding tert-OH is 1. The third kappa shape index (κ3) is 1.48. The van der Waals surface area contributed by atoms with E-state index in [0.29, 0.717) is 19.4 Å². The van der Waals surface area contributed by atoms with Crippen LogP contribution in [0.25, 0.3) is 0 Å². The van der Waals surface area contributed by atoms with Crippen LogP contribution in [-0.2, 0) is 4.74 Å². The van der Waals surface area contributed by atoms with Gasteiger partial charge in [0.25, 0.3) is 0 Å². The van der Waals surface area contributed by atoms with Gasteiger partial charge in [0, 0.05) is 19.4 Å². The van der Waals surface area contributed by atoms with Gasteiger partial charge in [-0.1, -0.05) is 0 Å². The molecule has 0 spiro atoms. The summed E-state index contributed by atoms with van der Waals surface area (Å²) >= 11 is 0. The van der Waals surface area contributed by atoms with Crippen LogP contribution in [0, 0.1) is 0 Å². The Labute approximate surface area is 60.6 Å². The van der Waals surface area contributed by atoms with Crippen LogP contribution >= 0.6 is 0 Å². The lowest BCUT2D eigenvalue weighted by atomic mass is 9.78. The predicted molar refractivity (Wildman–Crippen MR) is 36.7 cm³/mol. The quantitative estimate of drug-likeness (QED) is 0.585. The molecule has 3 nitrogen and oxygen atoms in total. The van der Waals surface area contributed by atoms with Crippen LogP contribution in [0.15, 0.2) is 0 Å². The molecule has 0 amide bonds. The second-order valence-corrected chi connectivity index (χ2v) is 2.87. The van der Waals surface area contributed by atoms with Crippen molar-refractivity contribution in [2.24, 2.45) is 0 Å². The van der Waals surface area contributed by atoms with Gasteiger partial charge in [0.1, 0.15) is 0 Å². The van der Waals surface area contributed by atoms with Crippen molar-refractivity contribution in [1.29, 1.82) is 0 Å². The van der Waals surface area contributed by atoms with E-state index < -0.39 is 5.60 Å². The summed E-state index contributed by atoms with van der Waals surface area (Å²) in [6.45, 7) is 2.47. The fraction of sp³-hybridized carbons (Fsp3) is 1.00. The second-order valence-electron chi connectivity index (χ2n) is 2.87. The Morgan fingerprint density at radius 2 is 2.20 bits per heavy atom. The van der Waals surface area contributed by atoms with Gasteiger partial charge in [-0.3, -0.25) is 0 Å². The van der Waals surface area contributed by atoms with E-state index in [4.69, 9.17) is 9.84 Å². The molecule has 2 N–H and O–H groups in total. The first-order valence-corrected chi connectivity index (χ1v) is 3.65. The number of aliphatic hydroxyl groups is 2. The molecular weight excluding hydrogens is 132 g/mol. The van der Waals surface area contributed by atoms with Crippen molar-refractivity contribution in [2.45, 2.75) is 31.5 Å². The minimum atomic E-state index is -0.833. The maximum absolute atomic E-state index is 9.29. The average molecular weight is 146 g/mol. The first-order valence-electron chi connectivity index (χ1n) is 3.65. The van der Waals surface area contributed by atoms with Gasteiger partial charge in [-0.05, 0) is 6.92 Å². The Kier molecular flexibility index (Phi) is 2.28. The van der Waals surface area contributed by atoms with E-state index in [-0.39, 0.29) is 12.7 Å². The Balaban J connectivity index is 2.16. The average Bonchev–Trinajstić information content (AvgIpc) is 1.85. The lowest BCUT2D eigenvalue weighted by Gasteiger charge is -2.41. The monoisotopic (exact) mass is 146 g/mol. The fourth-order valence-corrected chi connectivity index (χ4v) is 1.27. The summed E-state index contributed by atoms with van der Waals surface area (Å²) in [6, 6.07) is 0. The molecule has 1 fully saturated rings. The number of hydrogen-bond acceptors (Lipinski definition) is 3. The number of hydrogen-bond donors (Lipinski definition) is 2. The molecule has 1 rings (SSSR count). The van der Waals surface area contributed by atoms with Gasteiger partial charge in [-0.25, -0.2) is 0 Å². The van der Waals surface area contributed by atoms with Crippen molar-refractivity contribution >= 4 is 0 Å². The van der Waals surface area contributed by atoms with Gasteiger partial charge in [0.15, 0.2) is 0 Å². The molecule has 0 atom stereocenters. The Bertz CT molecular complexity index is 107. The lowest BCUT2D eigenvalue weighted by Crippen LogP contribution is -2.50. The highest BCUT2D eigenvalue weighted by molar-refractivity contribution is 4.94. The molecule has 0 aliphatic heterocycles. The molecule has 0 bridgehead atoms. The van der Waals surface area contributed by atoms with Gasteiger partial charge >= 0.3 is 0 Å². The summed E-state index contributed by atoms with van der Waals surface area (Å²) in [5.74, 6) is 0. The SMILES string of the molecule is CCOC1CC(O)(CO)C1. The third-order valence-corrected chi connectivity index (χ3v) is 1.91. The molecule has 0 aromatic carbocycles. The Morgan fingerprint density at radius 1 is 1.60 bits per heavy atom. The normalized spacial score (nSPS) is 39.3. The first kappa shape index (κ1) is 7.98. The molecule has 60 valence electrons. The Hall–Kier alpha value is -0.120. The molecule has 1 aliphatic carbocycles. The molecule has 0 saturated heterocycles. The van der Waals surface area contributed by atoms with Gasteiger partial charge in [0.05, 0.1) is 18.3 Å². The van der Waals surface area contributed by atoms with Crippen molar-refractivity contribution in [3.05, 3.63) is 0 Å². The predicted octanol–water partition coefficient (Wildman–Crippen LogP) is -0.0913. The third-order valence-electron chi connectivity index (χ3n) is 1.91. The standard InChI is InChI=1S/C7H14O3/c1-2-10-6-3-7(9,4-6)5-8/h6,8-9H,2-5H2,1H3. The molecule has 1 saturated carbocycles. The zero-order valence-corrected chi connectivity index (χ0v) is 6.21. The van der Waals surface area contributed by atoms with E-state index in [1.807, 2.05) is 6.92 Å². The van der Waals surface area contributed by atoms with Crippen LogP contribution in [0.2, 0.25) is 0 Å². The zero-order chi connectivity index (χ0) is 7.61. The van der Waals surface area contributed by atoms with E-state index >= 15 is 0 Å². The molecule has 0 aromatic rings. The van der Waals surface area contributed by atoms with E-state index in [1.165, 1.54) is 0 Å². The maximum Gasteiger partial charge on any atom is 0.0926 e. The molecule has 0 aromatic heterocycles. The van der Waals surface area contributed by atoms with Crippen LogP contribution < -0.4 is 0 Å². The second kappa shape index (κ2) is 2.86. The topological polar surface area (TPSA) is 49.7 Å². The molecule has 1 aliphatic rings. The first-order chi connectivity index (χ1) is 4.70. The maximum atomic E-state index is 9.29. The minimum Gasteiger partial charge on any atom is -0.393 e. The summed E-state index contributed by atoms with van der Waals surface area (Å²) in [4.78, 5) is 0. The lowest BCUT2D eigenvalue weighted by molar-refractivity contribution is -0.156. The van der Waals surface area contributed by atoms with Crippen LogP contribution in [0.1, 0.15) is 19.8 Å². The molecule has 0 unspecified atom stereocenters. The smallest absolute Gasteiger partial charge is 0.0926 e. The zero-order valence-electron chi connectivity index (χ0n) is 6.21. The van der Waals surface area contributed by atoms with Crippen LogP contribution in [-0.4, -0.2) is 35.1 Å². The number of rotatable bonds is 3. The van der Waals surface area contributed by atoms with Gasteiger partial charge in [-0.2, -0.15) is 0 Å². The molecule has 10 heavy (non-hydrogen) atoms. The minimum absolute atomic E-state index is 0.142. The van der Waals surface area contributed by atoms with Gasteiger partial charge in [0.2, 0.25) is 0 Å². The highest BCUT2D eigenvalue weighted by atomic mass is 16.5. The van der Waals surface area contributed by atoms with Crippen LogP contribution in [0.5, 0.6) is 0 Å². The molecule has 3 heteroatoms. The van der Waals surface area contributed by atoms with Crippen LogP contribution in [0.4, 0.5) is 0 Å². The molecular formula is C7H14O3. The van der Waals surface area contributed by atoms with Crippen LogP contribution in [0.3, 0.4) is 0 Å². The van der Waals surface area contributed by atoms with Crippen molar-refractivity contribution in [3.8, 4) is 0 Å². The van der Waals surface area contributed by atoms with Crippen molar-refractivity contribution in [2.75, 3.05) is 13.2 Å². The molecule has 0 heterocycles. The summed E-state index contributed by atoms with van der Waals surface area (Å²) < 4.78 is 5.20. The summed E-state index contributed by atoms with van der Waals surface area (Å²) in [5, 5.41) is 17.9. The number of ether oxygens (including phenoxy) is 1.